The number of rotatable bonds is 2. The number of aromatic nitrogens is 2. The molecule has 2 N–H and O–H groups in total. The summed E-state index contributed by atoms with van der Waals surface area (Å²) in [7, 11) is 0. The van der Waals surface area contributed by atoms with Crippen molar-refractivity contribution in [1.29, 1.82) is 0 Å². The lowest BCUT2D eigenvalue weighted by atomic mass is 10.1. The maximum atomic E-state index is 5.97. The molecule has 0 unspecified atom stereocenters. The summed E-state index contributed by atoms with van der Waals surface area (Å²) >= 11 is 0. The van der Waals surface area contributed by atoms with Gasteiger partial charge in [-0.05, 0) is 32.3 Å². The molecule has 1 aromatic carbocycles. The first kappa shape index (κ1) is 14.0. The largest absolute Gasteiger partial charge is 0.369 e. The normalized spacial score (nSPS) is 16.2. The average molecular weight is 282 g/mol. The van der Waals surface area contributed by atoms with Crippen LogP contribution in [-0.4, -0.2) is 29.1 Å². The molecule has 1 saturated heterocycles. The van der Waals surface area contributed by atoms with Crippen molar-refractivity contribution in [2.24, 2.45) is 5.73 Å². The van der Waals surface area contributed by atoms with Crippen LogP contribution >= 0.6 is 0 Å². The van der Waals surface area contributed by atoms with E-state index < -0.39 is 0 Å². The van der Waals surface area contributed by atoms with E-state index >= 15 is 0 Å². The molecular formula is C17H22N4. The summed E-state index contributed by atoms with van der Waals surface area (Å²) in [6.07, 6.45) is 4.04. The molecule has 2 heterocycles. The minimum absolute atomic E-state index is 0.341. The molecule has 3 rings (SSSR count). The van der Waals surface area contributed by atoms with E-state index in [1.807, 2.05) is 18.3 Å². The second-order valence-corrected chi connectivity index (χ2v) is 5.80. The lowest BCUT2D eigenvalue weighted by Gasteiger charge is -2.32. The summed E-state index contributed by atoms with van der Waals surface area (Å²) < 4.78 is 0. The van der Waals surface area contributed by atoms with Crippen LogP contribution in [-0.2, 0) is 0 Å². The molecule has 4 nitrogen and oxygen atoms in total. The summed E-state index contributed by atoms with van der Waals surface area (Å²) in [5.41, 5.74) is 10.5. The average Bonchev–Trinajstić information content (AvgIpc) is 2.49. The quantitative estimate of drug-likeness (QED) is 0.920. The van der Waals surface area contributed by atoms with Gasteiger partial charge in [-0.15, -0.1) is 0 Å². The summed E-state index contributed by atoms with van der Waals surface area (Å²) in [5.74, 6) is 0.808. The van der Waals surface area contributed by atoms with E-state index in [2.05, 4.69) is 35.9 Å². The summed E-state index contributed by atoms with van der Waals surface area (Å²) in [5, 5.41) is 0. The standard InChI is InChI=1S/C17H22N4/c1-12-5-3-4-6-15(12)17-19-11-16(13(2)20-17)21-9-7-14(18)8-10-21/h3-6,11,14H,7-10,18H2,1-2H3. The number of aryl methyl sites for hydroxylation is 2. The van der Waals surface area contributed by atoms with Crippen molar-refractivity contribution in [1.82, 2.24) is 9.97 Å². The van der Waals surface area contributed by atoms with Gasteiger partial charge in [0.2, 0.25) is 0 Å². The van der Waals surface area contributed by atoms with E-state index in [4.69, 9.17) is 10.7 Å². The summed E-state index contributed by atoms with van der Waals surface area (Å²) in [6, 6.07) is 8.57. The maximum absolute atomic E-state index is 5.97. The molecular weight excluding hydrogens is 260 g/mol. The highest BCUT2D eigenvalue weighted by atomic mass is 15.2. The topological polar surface area (TPSA) is 55.0 Å². The van der Waals surface area contributed by atoms with Crippen molar-refractivity contribution >= 4 is 5.69 Å². The predicted molar refractivity (Wildman–Crippen MR) is 86.4 cm³/mol. The first-order valence-corrected chi connectivity index (χ1v) is 7.55. The minimum Gasteiger partial charge on any atom is -0.369 e. The Balaban J connectivity index is 1.88. The number of nitrogens with zero attached hydrogens (tertiary/aromatic N) is 3. The van der Waals surface area contributed by atoms with Crippen molar-refractivity contribution in [2.45, 2.75) is 32.7 Å². The molecule has 21 heavy (non-hydrogen) atoms. The predicted octanol–water partition coefficient (Wildman–Crippen LogP) is 2.69. The van der Waals surface area contributed by atoms with Crippen molar-refractivity contribution < 1.29 is 0 Å². The molecule has 1 aromatic heterocycles. The Labute approximate surface area is 126 Å². The van der Waals surface area contributed by atoms with E-state index in [1.54, 1.807) is 0 Å². The summed E-state index contributed by atoms with van der Waals surface area (Å²) in [6.45, 7) is 6.14. The number of hydrogen-bond acceptors (Lipinski definition) is 4. The van der Waals surface area contributed by atoms with Crippen LogP contribution in [0.15, 0.2) is 30.5 Å². The fourth-order valence-corrected chi connectivity index (χ4v) is 2.87. The Kier molecular flexibility index (Phi) is 3.88. The smallest absolute Gasteiger partial charge is 0.159 e. The van der Waals surface area contributed by atoms with Crippen LogP contribution in [0, 0.1) is 13.8 Å². The van der Waals surface area contributed by atoms with Gasteiger partial charge in [-0.2, -0.15) is 0 Å². The third-order valence-electron chi connectivity index (χ3n) is 4.22. The van der Waals surface area contributed by atoms with Crippen LogP contribution in [0.2, 0.25) is 0 Å². The molecule has 1 aliphatic rings. The highest BCUT2D eigenvalue weighted by molar-refractivity contribution is 5.62. The molecule has 1 aliphatic heterocycles. The second-order valence-electron chi connectivity index (χ2n) is 5.80. The Morgan fingerprint density at radius 1 is 1.14 bits per heavy atom. The maximum Gasteiger partial charge on any atom is 0.159 e. The van der Waals surface area contributed by atoms with Crippen LogP contribution in [0.5, 0.6) is 0 Å². The number of nitrogens with two attached hydrogens (primary N) is 1. The fraction of sp³-hybridized carbons (Fsp3) is 0.412. The molecule has 110 valence electrons. The van der Waals surface area contributed by atoms with Crippen LogP contribution in [0.25, 0.3) is 11.4 Å². The Morgan fingerprint density at radius 3 is 2.52 bits per heavy atom. The molecule has 0 spiro atoms. The Morgan fingerprint density at radius 2 is 1.86 bits per heavy atom. The van der Waals surface area contributed by atoms with Crippen LogP contribution in [0.4, 0.5) is 5.69 Å². The molecule has 1 fully saturated rings. The van der Waals surface area contributed by atoms with Gasteiger partial charge in [-0.1, -0.05) is 24.3 Å². The number of anilines is 1. The SMILES string of the molecule is Cc1ccccc1-c1ncc(N2CCC(N)CC2)c(C)n1. The molecule has 2 aromatic rings. The van der Waals surface area contributed by atoms with Gasteiger partial charge in [0.05, 0.1) is 17.6 Å². The minimum atomic E-state index is 0.341. The van der Waals surface area contributed by atoms with Gasteiger partial charge in [-0.25, -0.2) is 9.97 Å². The van der Waals surface area contributed by atoms with E-state index in [-0.39, 0.29) is 0 Å². The monoisotopic (exact) mass is 282 g/mol. The van der Waals surface area contributed by atoms with Crippen LogP contribution in [0.1, 0.15) is 24.1 Å². The number of hydrogen-bond donors (Lipinski definition) is 1. The highest BCUT2D eigenvalue weighted by Crippen LogP contribution is 2.25. The van der Waals surface area contributed by atoms with E-state index in [9.17, 15) is 0 Å². The number of piperidine rings is 1. The second kappa shape index (κ2) is 5.82. The van der Waals surface area contributed by atoms with Gasteiger partial charge in [0, 0.05) is 24.7 Å². The first-order chi connectivity index (χ1) is 10.1. The van der Waals surface area contributed by atoms with Gasteiger partial charge in [0.15, 0.2) is 5.82 Å². The van der Waals surface area contributed by atoms with Crippen LogP contribution < -0.4 is 10.6 Å². The van der Waals surface area contributed by atoms with Crippen molar-refractivity contribution in [3.63, 3.8) is 0 Å². The molecule has 0 amide bonds. The van der Waals surface area contributed by atoms with Gasteiger partial charge >= 0.3 is 0 Å². The van der Waals surface area contributed by atoms with Gasteiger partial charge in [0.1, 0.15) is 0 Å². The molecule has 0 radical (unpaired) electrons. The van der Waals surface area contributed by atoms with Gasteiger partial charge in [-0.3, -0.25) is 0 Å². The molecule has 0 bridgehead atoms. The van der Waals surface area contributed by atoms with Crippen molar-refractivity contribution in [2.75, 3.05) is 18.0 Å². The van der Waals surface area contributed by atoms with E-state index in [0.717, 1.165) is 48.7 Å². The highest BCUT2D eigenvalue weighted by Gasteiger charge is 2.19. The van der Waals surface area contributed by atoms with Crippen molar-refractivity contribution in [3.8, 4) is 11.4 Å². The first-order valence-electron chi connectivity index (χ1n) is 7.55. The third kappa shape index (κ3) is 2.90. The molecule has 0 atom stereocenters. The van der Waals surface area contributed by atoms with E-state index in [1.165, 1.54) is 5.56 Å². The Bertz CT molecular complexity index is 630. The number of benzene rings is 1. The third-order valence-corrected chi connectivity index (χ3v) is 4.22. The zero-order valence-corrected chi connectivity index (χ0v) is 12.7. The zero-order valence-electron chi connectivity index (χ0n) is 12.7. The molecule has 0 saturated carbocycles. The van der Waals surface area contributed by atoms with Crippen LogP contribution in [0.3, 0.4) is 0 Å². The molecule has 0 aliphatic carbocycles. The Hall–Kier alpha value is -1.94. The lowest BCUT2D eigenvalue weighted by molar-refractivity contribution is 0.500. The zero-order chi connectivity index (χ0) is 14.8. The summed E-state index contributed by atoms with van der Waals surface area (Å²) in [4.78, 5) is 11.6. The van der Waals surface area contributed by atoms with Gasteiger partial charge < -0.3 is 10.6 Å². The van der Waals surface area contributed by atoms with Gasteiger partial charge in [0.25, 0.3) is 0 Å². The molecule has 4 heteroatoms. The van der Waals surface area contributed by atoms with E-state index in [0.29, 0.717) is 6.04 Å². The lowest BCUT2D eigenvalue weighted by Crippen LogP contribution is -2.40. The van der Waals surface area contributed by atoms with Crippen molar-refractivity contribution in [3.05, 3.63) is 41.7 Å². The fourth-order valence-electron chi connectivity index (χ4n) is 2.87.